The maximum atomic E-state index is 15.2. The van der Waals surface area contributed by atoms with E-state index in [-0.39, 0.29) is 29.7 Å². The molecule has 0 aliphatic heterocycles. The van der Waals surface area contributed by atoms with Crippen LogP contribution in [0.25, 0.3) is 11.1 Å². The molecule has 4 atom stereocenters. The van der Waals surface area contributed by atoms with Gasteiger partial charge < -0.3 is 4.74 Å². The smallest absolute Gasteiger partial charge is 0.201 e. The summed E-state index contributed by atoms with van der Waals surface area (Å²) in [6, 6.07) is 7.68. The van der Waals surface area contributed by atoms with Crippen molar-refractivity contribution in [2.45, 2.75) is 58.3 Å². The quantitative estimate of drug-likeness (QED) is 0.397. The van der Waals surface area contributed by atoms with Crippen LogP contribution in [0, 0.1) is 35.2 Å². The molecule has 4 rings (SSSR count). The molecule has 0 spiro atoms. The van der Waals surface area contributed by atoms with Gasteiger partial charge >= 0.3 is 0 Å². The fourth-order valence-corrected chi connectivity index (χ4v) is 5.78. The minimum atomic E-state index is -1.05. The lowest BCUT2D eigenvalue weighted by molar-refractivity contribution is 0.132. The molecule has 0 saturated heterocycles. The zero-order chi connectivity index (χ0) is 23.4. The maximum Gasteiger partial charge on any atom is 0.201 e. The van der Waals surface area contributed by atoms with E-state index in [2.05, 4.69) is 19.1 Å². The summed E-state index contributed by atoms with van der Waals surface area (Å²) in [5.74, 6) is -0.248. The van der Waals surface area contributed by atoms with E-state index in [0.29, 0.717) is 23.0 Å². The van der Waals surface area contributed by atoms with Gasteiger partial charge in [-0.1, -0.05) is 36.4 Å². The van der Waals surface area contributed by atoms with Crippen molar-refractivity contribution in [1.82, 2.24) is 0 Å². The van der Waals surface area contributed by atoms with Crippen LogP contribution >= 0.6 is 0 Å². The lowest BCUT2D eigenvalue weighted by Crippen LogP contribution is -2.30. The van der Waals surface area contributed by atoms with Crippen LogP contribution < -0.4 is 4.74 Å². The Balaban J connectivity index is 1.48. The van der Waals surface area contributed by atoms with E-state index in [9.17, 15) is 8.78 Å². The van der Waals surface area contributed by atoms with E-state index in [1.165, 1.54) is 37.5 Å². The van der Waals surface area contributed by atoms with Crippen molar-refractivity contribution in [3.05, 3.63) is 77.7 Å². The molecular weight excluding hydrogens is 421 g/mol. The van der Waals surface area contributed by atoms with E-state index in [1.54, 1.807) is 24.3 Å². The molecule has 2 saturated carbocycles. The zero-order valence-corrected chi connectivity index (χ0v) is 19.5. The highest BCUT2D eigenvalue weighted by Crippen LogP contribution is 2.48. The van der Waals surface area contributed by atoms with Gasteiger partial charge in [0.25, 0.3) is 0 Å². The normalized spacial score (nSPS) is 25.5. The second-order valence-corrected chi connectivity index (χ2v) is 9.48. The van der Waals surface area contributed by atoms with Gasteiger partial charge in [-0.05, 0) is 105 Å². The number of rotatable bonds is 6. The monoisotopic (exact) mass is 454 g/mol. The summed E-state index contributed by atoms with van der Waals surface area (Å²) in [6.07, 6.45) is 14.8. The van der Waals surface area contributed by atoms with Crippen LogP contribution in [-0.4, -0.2) is 6.61 Å². The largest absolute Gasteiger partial charge is 0.486 e. The van der Waals surface area contributed by atoms with E-state index in [0.717, 1.165) is 25.2 Å². The summed E-state index contributed by atoms with van der Waals surface area (Å²) in [5, 5.41) is 0. The molecule has 33 heavy (non-hydrogen) atoms. The van der Waals surface area contributed by atoms with Crippen LogP contribution in [0.2, 0.25) is 0 Å². The second kappa shape index (κ2) is 10.6. The van der Waals surface area contributed by atoms with E-state index < -0.39 is 11.6 Å². The number of benzene rings is 2. The van der Waals surface area contributed by atoms with Crippen molar-refractivity contribution < 1.29 is 17.9 Å². The summed E-state index contributed by atoms with van der Waals surface area (Å²) in [4.78, 5) is 0. The van der Waals surface area contributed by atoms with Crippen LogP contribution in [0.5, 0.6) is 5.75 Å². The van der Waals surface area contributed by atoms with Crippen molar-refractivity contribution in [3.8, 4) is 16.9 Å². The van der Waals surface area contributed by atoms with Crippen molar-refractivity contribution in [2.75, 3.05) is 6.61 Å². The molecule has 4 heteroatoms. The third-order valence-electron chi connectivity index (χ3n) is 7.49. The minimum Gasteiger partial charge on any atom is -0.486 e. The SMILES string of the molecule is C/C=C/COc1ccc(-c2ccc(C3CCC4CC(/C=C/C)CCC4C3)c(F)c2)c(F)c1F. The average Bonchev–Trinajstić information content (AvgIpc) is 2.82. The highest BCUT2D eigenvalue weighted by molar-refractivity contribution is 5.66. The predicted octanol–water partition coefficient (Wildman–Crippen LogP) is 8.60. The molecular formula is C29H33F3O. The number of halogens is 3. The summed E-state index contributed by atoms with van der Waals surface area (Å²) >= 11 is 0. The van der Waals surface area contributed by atoms with Crippen LogP contribution in [0.4, 0.5) is 13.2 Å². The Kier molecular flexibility index (Phi) is 7.62. The molecule has 0 amide bonds. The van der Waals surface area contributed by atoms with Crippen molar-refractivity contribution in [3.63, 3.8) is 0 Å². The van der Waals surface area contributed by atoms with Crippen molar-refractivity contribution >= 4 is 0 Å². The fraction of sp³-hybridized carbons (Fsp3) is 0.448. The van der Waals surface area contributed by atoms with Crippen molar-refractivity contribution in [2.24, 2.45) is 17.8 Å². The number of hydrogen-bond donors (Lipinski definition) is 0. The third kappa shape index (κ3) is 5.20. The molecule has 0 aromatic heterocycles. The number of fused-ring (bicyclic) bond motifs is 1. The third-order valence-corrected chi connectivity index (χ3v) is 7.49. The van der Waals surface area contributed by atoms with Gasteiger partial charge in [0.05, 0.1) is 0 Å². The second-order valence-electron chi connectivity index (χ2n) is 9.48. The molecule has 2 aliphatic rings. The van der Waals surface area contributed by atoms with Crippen LogP contribution in [-0.2, 0) is 0 Å². The van der Waals surface area contributed by atoms with Gasteiger partial charge in [0.1, 0.15) is 12.4 Å². The first-order valence-corrected chi connectivity index (χ1v) is 12.2. The predicted molar refractivity (Wildman–Crippen MR) is 128 cm³/mol. The summed E-state index contributed by atoms with van der Waals surface area (Å²) in [5.41, 5.74) is 1.09. The van der Waals surface area contributed by atoms with E-state index >= 15 is 4.39 Å². The summed E-state index contributed by atoms with van der Waals surface area (Å²) in [7, 11) is 0. The topological polar surface area (TPSA) is 9.23 Å². The lowest BCUT2D eigenvalue weighted by atomic mass is 9.64. The Labute approximate surface area is 195 Å². The average molecular weight is 455 g/mol. The van der Waals surface area contributed by atoms with Gasteiger partial charge in [-0.3, -0.25) is 0 Å². The summed E-state index contributed by atoms with van der Waals surface area (Å²) < 4.78 is 49.6. The molecule has 4 unspecified atom stereocenters. The van der Waals surface area contributed by atoms with Gasteiger partial charge in [0.15, 0.2) is 11.6 Å². The highest BCUT2D eigenvalue weighted by Gasteiger charge is 2.36. The molecule has 2 aromatic rings. The maximum absolute atomic E-state index is 15.2. The van der Waals surface area contributed by atoms with E-state index in [1.807, 2.05) is 6.92 Å². The first kappa shape index (κ1) is 23.7. The minimum absolute atomic E-state index is 0.0438. The molecule has 0 N–H and O–H groups in total. The molecule has 2 aromatic carbocycles. The Bertz CT molecular complexity index is 1030. The number of allylic oxidation sites excluding steroid dienone is 3. The van der Waals surface area contributed by atoms with Crippen LogP contribution in [0.1, 0.15) is 63.9 Å². The number of ether oxygens (including phenoxy) is 1. The Morgan fingerprint density at radius 1 is 0.879 bits per heavy atom. The molecule has 2 fully saturated rings. The summed E-state index contributed by atoms with van der Waals surface area (Å²) in [6.45, 7) is 4.07. The molecule has 0 radical (unpaired) electrons. The molecule has 2 aliphatic carbocycles. The molecule has 0 heterocycles. The van der Waals surface area contributed by atoms with Crippen LogP contribution in [0.3, 0.4) is 0 Å². The van der Waals surface area contributed by atoms with Gasteiger partial charge in [-0.15, -0.1) is 0 Å². The van der Waals surface area contributed by atoms with E-state index in [4.69, 9.17) is 4.74 Å². The molecule has 0 bridgehead atoms. The van der Waals surface area contributed by atoms with Gasteiger partial charge in [-0.2, -0.15) is 4.39 Å². The highest BCUT2D eigenvalue weighted by atomic mass is 19.2. The van der Waals surface area contributed by atoms with Gasteiger partial charge in [0.2, 0.25) is 5.82 Å². The molecule has 1 nitrogen and oxygen atoms in total. The first-order chi connectivity index (χ1) is 16.0. The van der Waals surface area contributed by atoms with Gasteiger partial charge in [-0.25, -0.2) is 8.78 Å². The van der Waals surface area contributed by atoms with Crippen LogP contribution in [0.15, 0.2) is 54.6 Å². The first-order valence-electron chi connectivity index (χ1n) is 12.2. The standard InChI is InChI=1S/C29H33F3O/c1-3-5-15-33-27-14-13-25(28(31)29(27)32)23-11-12-24(26(30)18-23)22-10-9-20-16-19(6-4-2)7-8-21(20)17-22/h3-6,11-14,18-22H,7-10,15-17H2,1-2H3/b5-3+,6-4+. The lowest BCUT2D eigenvalue weighted by Gasteiger charge is -2.42. The van der Waals surface area contributed by atoms with Gasteiger partial charge in [0, 0.05) is 5.56 Å². The Hall–Kier alpha value is -2.49. The molecule has 176 valence electrons. The Morgan fingerprint density at radius 3 is 2.42 bits per heavy atom. The van der Waals surface area contributed by atoms with Crippen molar-refractivity contribution in [1.29, 1.82) is 0 Å². The zero-order valence-electron chi connectivity index (χ0n) is 19.5. The Morgan fingerprint density at radius 2 is 1.67 bits per heavy atom. The fourth-order valence-electron chi connectivity index (χ4n) is 5.78. The number of hydrogen-bond acceptors (Lipinski definition) is 1.